The molecule has 0 fully saturated rings. The topological polar surface area (TPSA) is 63.2 Å². The van der Waals surface area contributed by atoms with Crippen LogP contribution in [0.25, 0.3) is 0 Å². The van der Waals surface area contributed by atoms with E-state index in [0.717, 1.165) is 15.2 Å². The van der Waals surface area contributed by atoms with E-state index in [2.05, 4.69) is 37.2 Å². The van der Waals surface area contributed by atoms with Gasteiger partial charge in [-0.3, -0.25) is 4.79 Å². The number of amides is 1. The normalized spacial score (nSPS) is 12.3. The predicted octanol–water partition coefficient (Wildman–Crippen LogP) is 2.76. The second-order valence-corrected chi connectivity index (χ2v) is 9.35. The van der Waals surface area contributed by atoms with Gasteiger partial charge in [0.25, 0.3) is 5.91 Å². The summed E-state index contributed by atoms with van der Waals surface area (Å²) in [6, 6.07) is 5.16. The third-order valence-corrected chi connectivity index (χ3v) is 5.87. The predicted molar refractivity (Wildman–Crippen MR) is 83.1 cm³/mol. The first kappa shape index (κ1) is 16.7. The van der Waals surface area contributed by atoms with Crippen LogP contribution in [0.1, 0.15) is 24.2 Å². The molecule has 0 bridgehead atoms. The van der Waals surface area contributed by atoms with Gasteiger partial charge in [-0.25, -0.2) is 8.42 Å². The molecule has 1 aromatic carbocycles. The lowest BCUT2D eigenvalue weighted by Gasteiger charge is -2.22. The molecule has 0 unspecified atom stereocenters. The maximum Gasteiger partial charge on any atom is 0.251 e. The molecular weight excluding hydrogens is 398 g/mol. The zero-order valence-electron chi connectivity index (χ0n) is 10.8. The number of halogens is 2. The van der Waals surface area contributed by atoms with Gasteiger partial charge in [-0.1, -0.05) is 31.9 Å². The Hall–Kier alpha value is -0.400. The molecule has 0 atom stereocenters. The lowest BCUT2D eigenvalue weighted by Crippen LogP contribution is -2.43. The van der Waals surface area contributed by atoms with Crippen molar-refractivity contribution in [2.45, 2.75) is 18.6 Å². The van der Waals surface area contributed by atoms with Gasteiger partial charge in [-0.15, -0.1) is 0 Å². The van der Waals surface area contributed by atoms with Crippen molar-refractivity contribution in [3.05, 3.63) is 32.7 Å². The average Bonchev–Trinajstić information content (AvgIpc) is 2.23. The average molecular weight is 413 g/mol. The second-order valence-electron chi connectivity index (χ2n) is 4.87. The molecule has 0 aromatic heterocycles. The van der Waals surface area contributed by atoms with E-state index in [9.17, 15) is 13.2 Å². The molecular formula is C12H15Br2NO3S. The molecule has 1 amide bonds. The Morgan fingerprint density at radius 1 is 1.21 bits per heavy atom. The van der Waals surface area contributed by atoms with Crippen molar-refractivity contribution in [1.82, 2.24) is 5.32 Å². The van der Waals surface area contributed by atoms with Crippen molar-refractivity contribution < 1.29 is 13.2 Å². The minimum atomic E-state index is -3.23. The molecule has 0 saturated carbocycles. The van der Waals surface area contributed by atoms with Crippen LogP contribution in [-0.4, -0.2) is 31.9 Å². The summed E-state index contributed by atoms with van der Waals surface area (Å²) >= 11 is 6.60. The number of benzene rings is 1. The van der Waals surface area contributed by atoms with Gasteiger partial charge in [-0.05, 0) is 32.0 Å². The fourth-order valence-corrected chi connectivity index (χ4v) is 2.84. The van der Waals surface area contributed by atoms with Gasteiger partial charge < -0.3 is 5.32 Å². The van der Waals surface area contributed by atoms with E-state index in [-0.39, 0.29) is 12.5 Å². The highest BCUT2D eigenvalue weighted by Crippen LogP contribution is 2.20. The molecule has 0 radical (unpaired) electrons. The maximum absolute atomic E-state index is 12.0. The number of carbonyl (C=O) groups excluding carboxylic acids is 1. The van der Waals surface area contributed by atoms with Crippen molar-refractivity contribution in [3.63, 3.8) is 0 Å². The van der Waals surface area contributed by atoms with E-state index in [4.69, 9.17) is 0 Å². The summed E-state index contributed by atoms with van der Waals surface area (Å²) in [5.74, 6) is -0.307. The van der Waals surface area contributed by atoms with Crippen molar-refractivity contribution in [3.8, 4) is 0 Å². The zero-order chi connectivity index (χ0) is 14.8. The molecule has 1 N–H and O–H groups in total. The van der Waals surface area contributed by atoms with Crippen LogP contribution >= 0.6 is 31.9 Å². The third-order valence-electron chi connectivity index (χ3n) is 2.80. The second kappa shape index (κ2) is 5.93. The molecule has 0 saturated heterocycles. The fraction of sp³-hybridized carbons (Fsp3) is 0.417. The van der Waals surface area contributed by atoms with Crippen molar-refractivity contribution in [1.29, 1.82) is 0 Å². The van der Waals surface area contributed by atoms with Gasteiger partial charge in [-0.2, -0.15) is 0 Å². The first-order valence-corrected chi connectivity index (χ1v) is 8.94. The van der Waals surface area contributed by atoms with E-state index in [1.165, 1.54) is 0 Å². The zero-order valence-corrected chi connectivity index (χ0v) is 14.8. The summed E-state index contributed by atoms with van der Waals surface area (Å²) in [6.07, 6.45) is 1.16. The van der Waals surface area contributed by atoms with E-state index < -0.39 is 14.6 Å². The van der Waals surface area contributed by atoms with E-state index in [0.29, 0.717) is 5.56 Å². The number of nitrogens with one attached hydrogen (secondary N) is 1. The van der Waals surface area contributed by atoms with Gasteiger partial charge in [0.05, 0.1) is 4.75 Å². The van der Waals surface area contributed by atoms with Crippen LogP contribution in [0.2, 0.25) is 0 Å². The number of sulfone groups is 1. The van der Waals surface area contributed by atoms with E-state index >= 15 is 0 Å². The van der Waals surface area contributed by atoms with Crippen LogP contribution in [0.4, 0.5) is 0 Å². The number of hydrogen-bond acceptors (Lipinski definition) is 3. The Bertz CT molecular complexity index is 577. The van der Waals surface area contributed by atoms with E-state index in [1.54, 1.807) is 26.0 Å². The summed E-state index contributed by atoms with van der Waals surface area (Å²) in [5.41, 5.74) is 0.463. The van der Waals surface area contributed by atoms with Crippen LogP contribution < -0.4 is 5.32 Å². The molecule has 19 heavy (non-hydrogen) atoms. The molecule has 0 heterocycles. The van der Waals surface area contributed by atoms with Gasteiger partial charge in [0, 0.05) is 27.3 Å². The highest BCUT2D eigenvalue weighted by Gasteiger charge is 2.30. The Morgan fingerprint density at radius 3 is 2.11 bits per heavy atom. The van der Waals surface area contributed by atoms with Crippen molar-refractivity contribution >= 4 is 47.6 Å². The van der Waals surface area contributed by atoms with Gasteiger partial charge >= 0.3 is 0 Å². The van der Waals surface area contributed by atoms with Crippen LogP contribution in [0, 0.1) is 0 Å². The number of carbonyl (C=O) groups is 1. The van der Waals surface area contributed by atoms with E-state index in [1.807, 2.05) is 6.07 Å². The van der Waals surface area contributed by atoms with Crippen molar-refractivity contribution in [2.24, 2.45) is 0 Å². The molecule has 106 valence electrons. The molecule has 1 aromatic rings. The Labute approximate surface area is 130 Å². The van der Waals surface area contributed by atoms with Gasteiger partial charge in [0.2, 0.25) is 0 Å². The van der Waals surface area contributed by atoms with Crippen molar-refractivity contribution in [2.75, 3.05) is 12.8 Å². The molecule has 0 aliphatic carbocycles. The maximum atomic E-state index is 12.0. The third kappa shape index (κ3) is 4.57. The molecule has 0 aliphatic rings. The smallest absolute Gasteiger partial charge is 0.251 e. The summed E-state index contributed by atoms with van der Waals surface area (Å²) in [4.78, 5) is 12.0. The SMILES string of the molecule is CC(C)(CNC(=O)c1cc(Br)cc(Br)c1)S(C)(=O)=O. The summed E-state index contributed by atoms with van der Waals surface area (Å²) in [7, 11) is -3.23. The Kier molecular flexibility index (Phi) is 5.20. The van der Waals surface area contributed by atoms with Gasteiger partial charge in [0.1, 0.15) is 0 Å². The minimum Gasteiger partial charge on any atom is -0.350 e. The lowest BCUT2D eigenvalue weighted by molar-refractivity contribution is 0.0950. The summed E-state index contributed by atoms with van der Waals surface area (Å²) < 4.78 is 23.6. The number of rotatable bonds is 4. The number of hydrogen-bond donors (Lipinski definition) is 1. The Morgan fingerprint density at radius 2 is 1.68 bits per heavy atom. The monoisotopic (exact) mass is 411 g/mol. The van der Waals surface area contributed by atoms with Gasteiger partial charge in [0.15, 0.2) is 9.84 Å². The summed E-state index contributed by atoms with van der Waals surface area (Å²) in [5, 5.41) is 2.64. The van der Waals surface area contributed by atoms with Crippen LogP contribution in [0.15, 0.2) is 27.1 Å². The minimum absolute atomic E-state index is 0.0643. The fourth-order valence-electron chi connectivity index (χ4n) is 1.21. The molecule has 4 nitrogen and oxygen atoms in total. The highest BCUT2D eigenvalue weighted by atomic mass is 79.9. The highest BCUT2D eigenvalue weighted by molar-refractivity contribution is 9.11. The molecule has 1 rings (SSSR count). The quantitative estimate of drug-likeness (QED) is 0.826. The molecule has 7 heteroatoms. The van der Waals surface area contributed by atoms with Crippen LogP contribution in [-0.2, 0) is 9.84 Å². The van der Waals surface area contributed by atoms with Crippen LogP contribution in [0.5, 0.6) is 0 Å². The lowest BCUT2D eigenvalue weighted by atomic mass is 10.2. The first-order valence-electron chi connectivity index (χ1n) is 5.47. The standard InChI is InChI=1S/C12H15Br2NO3S/c1-12(2,19(3,17)18)7-15-11(16)8-4-9(13)6-10(14)5-8/h4-6H,7H2,1-3H3,(H,15,16). The summed E-state index contributed by atoms with van der Waals surface area (Å²) in [6.45, 7) is 3.23. The largest absolute Gasteiger partial charge is 0.350 e. The first-order chi connectivity index (χ1) is 8.53. The Balaban J connectivity index is 2.82. The van der Waals surface area contributed by atoms with Crippen LogP contribution in [0.3, 0.4) is 0 Å². The molecule has 0 spiro atoms. The molecule has 0 aliphatic heterocycles.